The van der Waals surface area contributed by atoms with Gasteiger partial charge in [0.05, 0.1) is 11.6 Å². The molecular weight excluding hydrogens is 438 g/mol. The van der Waals surface area contributed by atoms with Crippen molar-refractivity contribution in [3.63, 3.8) is 0 Å². The first-order chi connectivity index (χ1) is 16.1. The molecule has 1 aliphatic carbocycles. The highest BCUT2D eigenvalue weighted by molar-refractivity contribution is 7.19. The van der Waals surface area contributed by atoms with Crippen molar-refractivity contribution in [3.8, 4) is 0 Å². The number of aromatic nitrogens is 5. The number of epoxide rings is 1. The van der Waals surface area contributed by atoms with Crippen LogP contribution in [0.3, 0.4) is 0 Å². The zero-order chi connectivity index (χ0) is 22.5. The molecule has 33 heavy (non-hydrogen) atoms. The number of aromatic amines is 2. The van der Waals surface area contributed by atoms with Gasteiger partial charge in [-0.1, -0.05) is 13.3 Å². The second-order valence-electron chi connectivity index (χ2n) is 9.07. The average Bonchev–Trinajstić information content (AvgIpc) is 3.35. The van der Waals surface area contributed by atoms with E-state index in [2.05, 4.69) is 49.3 Å². The third kappa shape index (κ3) is 3.71. The molecule has 5 heterocycles. The fraction of sp³-hybridized carbons (Fsp3) is 0.478. The molecule has 0 bridgehead atoms. The van der Waals surface area contributed by atoms with Crippen molar-refractivity contribution in [1.82, 2.24) is 30.0 Å². The van der Waals surface area contributed by atoms with Gasteiger partial charge in [-0.3, -0.25) is 14.8 Å². The molecule has 1 saturated heterocycles. The topological polar surface area (TPSA) is 115 Å². The van der Waals surface area contributed by atoms with E-state index in [-0.39, 0.29) is 11.8 Å². The highest BCUT2D eigenvalue weighted by Gasteiger charge is 2.48. The number of rotatable bonds is 7. The lowest BCUT2D eigenvalue weighted by atomic mass is 9.85. The number of unbranched alkanes of at least 4 members (excludes halogenated alkanes) is 1. The monoisotopic (exact) mass is 465 g/mol. The molecule has 9 nitrogen and oxygen atoms in total. The van der Waals surface area contributed by atoms with Crippen LogP contribution < -0.4 is 10.9 Å². The van der Waals surface area contributed by atoms with E-state index in [1.807, 2.05) is 0 Å². The molecule has 172 valence electrons. The maximum Gasteiger partial charge on any atom is 0.273 e. The van der Waals surface area contributed by atoms with E-state index in [4.69, 9.17) is 4.74 Å². The van der Waals surface area contributed by atoms with E-state index in [0.717, 1.165) is 41.4 Å². The number of ether oxygens (including phenoxy) is 1. The van der Waals surface area contributed by atoms with Gasteiger partial charge in [0, 0.05) is 16.8 Å². The Bertz CT molecular complexity index is 1380. The number of nitrogens with zero attached hydrogens (tertiary/aromatic N) is 4. The van der Waals surface area contributed by atoms with Gasteiger partial charge >= 0.3 is 0 Å². The molecule has 4 aromatic rings. The van der Waals surface area contributed by atoms with Crippen molar-refractivity contribution < 1.29 is 4.74 Å². The summed E-state index contributed by atoms with van der Waals surface area (Å²) in [5, 5.41) is 11.9. The predicted octanol–water partition coefficient (Wildman–Crippen LogP) is 3.56. The van der Waals surface area contributed by atoms with E-state index < -0.39 is 0 Å². The maximum atomic E-state index is 12.6. The minimum Gasteiger partial charge on any atom is -0.353 e. The van der Waals surface area contributed by atoms with Gasteiger partial charge in [-0.05, 0) is 50.3 Å². The number of nitrogens with one attached hydrogen (secondary N) is 3. The quantitative estimate of drug-likeness (QED) is 0.358. The molecule has 3 N–H and O–H groups in total. The Hall–Kier alpha value is -2.82. The van der Waals surface area contributed by atoms with Crippen LogP contribution in [0.2, 0.25) is 0 Å². The van der Waals surface area contributed by atoms with Crippen LogP contribution in [0.1, 0.15) is 36.6 Å². The van der Waals surface area contributed by atoms with Crippen LogP contribution in [0.5, 0.6) is 0 Å². The second-order valence-corrected chi connectivity index (χ2v) is 10.2. The summed E-state index contributed by atoms with van der Waals surface area (Å²) in [4.78, 5) is 29.1. The first kappa shape index (κ1) is 20.8. The molecule has 4 aromatic heterocycles. The summed E-state index contributed by atoms with van der Waals surface area (Å²) in [5.41, 5.74) is 2.15. The molecule has 10 heteroatoms. The Balaban J connectivity index is 1.26. The van der Waals surface area contributed by atoms with Gasteiger partial charge in [0.25, 0.3) is 5.56 Å². The van der Waals surface area contributed by atoms with E-state index >= 15 is 0 Å². The number of hydrogen-bond donors (Lipinski definition) is 3. The fourth-order valence-electron chi connectivity index (χ4n) is 4.99. The lowest BCUT2D eigenvalue weighted by Gasteiger charge is -2.22. The summed E-state index contributed by atoms with van der Waals surface area (Å²) in [6, 6.07) is 1.79. The molecule has 3 unspecified atom stereocenters. The van der Waals surface area contributed by atoms with E-state index in [9.17, 15) is 4.79 Å². The average molecular weight is 466 g/mol. The van der Waals surface area contributed by atoms with E-state index in [0.29, 0.717) is 29.2 Å². The van der Waals surface area contributed by atoms with E-state index in [1.165, 1.54) is 23.3 Å². The fourth-order valence-corrected chi connectivity index (χ4v) is 6.27. The molecule has 0 aromatic carbocycles. The van der Waals surface area contributed by atoms with Gasteiger partial charge in [-0.25, -0.2) is 9.97 Å². The molecule has 0 radical (unpaired) electrons. The third-order valence-electron chi connectivity index (χ3n) is 6.85. The Morgan fingerprint density at radius 2 is 2.27 bits per heavy atom. The minimum absolute atomic E-state index is 0.216. The van der Waals surface area contributed by atoms with Gasteiger partial charge in [0.2, 0.25) is 0 Å². The number of H-pyrrole nitrogens is 2. The minimum atomic E-state index is -0.216. The van der Waals surface area contributed by atoms with Crippen molar-refractivity contribution in [1.29, 1.82) is 0 Å². The van der Waals surface area contributed by atoms with E-state index in [1.54, 1.807) is 29.9 Å². The van der Waals surface area contributed by atoms with Crippen molar-refractivity contribution in [3.05, 3.63) is 39.4 Å². The largest absolute Gasteiger partial charge is 0.353 e. The molecule has 0 amide bonds. The zero-order valence-corrected chi connectivity index (χ0v) is 19.5. The number of pyridine rings is 1. The maximum absolute atomic E-state index is 12.6. The SMILES string of the molecule is CCCCN(C)C1OC1C1CCc2c(sc3ncnc(Nc4cc5cn[nH]c5[nH]c4=O)c23)C1. The summed E-state index contributed by atoms with van der Waals surface area (Å²) in [7, 11) is 2.17. The van der Waals surface area contributed by atoms with Crippen LogP contribution in [0, 0.1) is 5.92 Å². The molecule has 2 aliphatic rings. The van der Waals surface area contributed by atoms with Crippen LogP contribution in [-0.2, 0) is 17.6 Å². The number of hydrogen-bond acceptors (Lipinski definition) is 8. The first-order valence-corrected chi connectivity index (χ1v) is 12.4. The Kier molecular flexibility index (Phi) is 5.16. The lowest BCUT2D eigenvalue weighted by Crippen LogP contribution is -2.28. The molecule has 1 aliphatic heterocycles. The summed E-state index contributed by atoms with van der Waals surface area (Å²) >= 11 is 1.74. The van der Waals surface area contributed by atoms with Crippen molar-refractivity contribution in [2.24, 2.45) is 5.92 Å². The summed E-state index contributed by atoms with van der Waals surface area (Å²) in [6.07, 6.45) is 9.34. The number of aryl methyl sites for hydroxylation is 1. The van der Waals surface area contributed by atoms with Crippen LogP contribution in [0.4, 0.5) is 11.5 Å². The molecule has 1 fully saturated rings. The number of thiophene rings is 1. The number of anilines is 2. The smallest absolute Gasteiger partial charge is 0.273 e. The Morgan fingerprint density at radius 3 is 3.15 bits per heavy atom. The summed E-state index contributed by atoms with van der Waals surface area (Å²) in [5.74, 6) is 1.22. The Morgan fingerprint density at radius 1 is 1.36 bits per heavy atom. The molecule has 6 rings (SSSR count). The van der Waals surface area contributed by atoms with Gasteiger partial charge in [0.1, 0.15) is 40.6 Å². The van der Waals surface area contributed by atoms with Gasteiger partial charge < -0.3 is 15.0 Å². The highest BCUT2D eigenvalue weighted by atomic mass is 32.1. The zero-order valence-electron chi connectivity index (χ0n) is 18.7. The molecular formula is C23H27N7O2S. The molecule has 3 atom stereocenters. The van der Waals surface area contributed by atoms with Crippen LogP contribution in [0.25, 0.3) is 21.3 Å². The molecule has 0 saturated carbocycles. The van der Waals surface area contributed by atoms with Crippen LogP contribution >= 0.6 is 11.3 Å². The van der Waals surface area contributed by atoms with Crippen LogP contribution in [0.15, 0.2) is 23.4 Å². The van der Waals surface area contributed by atoms with Crippen molar-refractivity contribution in [2.45, 2.75) is 51.4 Å². The van der Waals surface area contributed by atoms with Crippen molar-refractivity contribution in [2.75, 3.05) is 18.9 Å². The highest BCUT2D eigenvalue weighted by Crippen LogP contribution is 2.44. The summed E-state index contributed by atoms with van der Waals surface area (Å²) in [6.45, 7) is 3.31. The summed E-state index contributed by atoms with van der Waals surface area (Å²) < 4.78 is 6.09. The number of likely N-dealkylation sites (N-methyl/N-ethyl adjacent to an activating group) is 1. The van der Waals surface area contributed by atoms with Crippen LogP contribution in [-0.4, -0.2) is 56.0 Å². The Labute approximate surface area is 194 Å². The number of fused-ring (bicyclic) bond motifs is 4. The molecule has 0 spiro atoms. The van der Waals surface area contributed by atoms with Crippen molar-refractivity contribution >= 4 is 44.1 Å². The van der Waals surface area contributed by atoms with Gasteiger partial charge in [-0.15, -0.1) is 11.3 Å². The second kappa shape index (κ2) is 8.19. The third-order valence-corrected chi connectivity index (χ3v) is 8.01. The van der Waals surface area contributed by atoms with Gasteiger partial charge in [0.15, 0.2) is 0 Å². The normalized spacial score (nSPS) is 22.2. The lowest BCUT2D eigenvalue weighted by molar-refractivity contribution is 0.205. The predicted molar refractivity (Wildman–Crippen MR) is 129 cm³/mol. The standard InChI is InChI=1S/C23H27N7O2S/c1-3-4-7-30(2)23-18(32-23)12-5-6-14-16(9-12)33-22-17(14)20(24-11-25-22)27-15-8-13-10-26-29-19(13)28-21(15)31/h8,10-12,18,23H,3-7,9H2,1-2H3,(H,24,25,27)(H2,26,28,29,31). The van der Waals surface area contributed by atoms with Gasteiger partial charge in [-0.2, -0.15) is 5.10 Å². The first-order valence-electron chi connectivity index (χ1n) is 11.6.